The van der Waals surface area contributed by atoms with Crippen LogP contribution in [0.4, 0.5) is 0 Å². The minimum atomic E-state index is 0.551. The first-order valence-electron chi connectivity index (χ1n) is 4.62. The van der Waals surface area contributed by atoms with E-state index in [-0.39, 0.29) is 0 Å². The third-order valence-corrected chi connectivity index (χ3v) is 2.01. The third kappa shape index (κ3) is 2.48. The van der Waals surface area contributed by atoms with Crippen LogP contribution in [-0.2, 0) is 13.6 Å². The van der Waals surface area contributed by atoms with Gasteiger partial charge in [0.05, 0.1) is 6.54 Å². The molecule has 0 saturated carbocycles. The highest BCUT2D eigenvalue weighted by Crippen LogP contribution is 1.98. The number of hydrogen-bond acceptors (Lipinski definition) is 2. The van der Waals surface area contributed by atoms with Gasteiger partial charge in [0.2, 0.25) is 0 Å². The number of aliphatic imine (C=N–C) groups is 1. The number of aryl methyl sites for hydroxylation is 1. The van der Waals surface area contributed by atoms with Crippen molar-refractivity contribution in [3.05, 3.63) is 18.2 Å². The second-order valence-corrected chi connectivity index (χ2v) is 3.14. The summed E-state index contributed by atoms with van der Waals surface area (Å²) < 4.78 is 1.97. The highest BCUT2D eigenvalue weighted by molar-refractivity contribution is 5.77. The first kappa shape index (κ1) is 10.6. The molecule has 0 amide bonds. The van der Waals surface area contributed by atoms with Crippen LogP contribution in [-0.4, -0.2) is 34.0 Å². The summed E-state index contributed by atoms with van der Waals surface area (Å²) in [6.07, 6.45) is 3.69. The maximum absolute atomic E-state index is 5.73. The molecule has 78 valence electrons. The summed E-state index contributed by atoms with van der Waals surface area (Å²) in [6.45, 7) is 3.34. The van der Waals surface area contributed by atoms with Crippen LogP contribution in [0, 0.1) is 0 Å². The van der Waals surface area contributed by atoms with Gasteiger partial charge < -0.3 is 15.2 Å². The van der Waals surface area contributed by atoms with Crippen LogP contribution >= 0.6 is 0 Å². The average molecular weight is 195 g/mol. The molecule has 5 heteroatoms. The lowest BCUT2D eigenvalue weighted by atomic mass is 10.5. The van der Waals surface area contributed by atoms with E-state index in [1.165, 1.54) is 0 Å². The minimum absolute atomic E-state index is 0.551. The first-order valence-corrected chi connectivity index (χ1v) is 4.62. The van der Waals surface area contributed by atoms with E-state index in [0.29, 0.717) is 19.0 Å². The van der Waals surface area contributed by atoms with Crippen molar-refractivity contribution in [2.75, 3.05) is 13.6 Å². The first-order chi connectivity index (χ1) is 6.65. The highest BCUT2D eigenvalue weighted by Gasteiger charge is 2.05. The summed E-state index contributed by atoms with van der Waals surface area (Å²) in [6, 6.07) is 0. The molecule has 1 heterocycles. The van der Waals surface area contributed by atoms with Gasteiger partial charge in [0.1, 0.15) is 5.82 Å². The predicted molar refractivity (Wildman–Crippen MR) is 56.8 cm³/mol. The smallest absolute Gasteiger partial charge is 0.191 e. The molecule has 5 nitrogen and oxygen atoms in total. The maximum atomic E-state index is 5.73. The van der Waals surface area contributed by atoms with Crippen molar-refractivity contribution in [2.45, 2.75) is 13.5 Å². The Bertz CT molecular complexity index is 315. The Morgan fingerprint density at radius 3 is 2.93 bits per heavy atom. The van der Waals surface area contributed by atoms with Gasteiger partial charge in [0.15, 0.2) is 5.96 Å². The van der Waals surface area contributed by atoms with Crippen molar-refractivity contribution in [3.8, 4) is 0 Å². The van der Waals surface area contributed by atoms with Crippen molar-refractivity contribution in [1.82, 2.24) is 14.5 Å². The molecule has 0 aliphatic heterocycles. The Labute approximate surface area is 84.3 Å². The van der Waals surface area contributed by atoms with Crippen molar-refractivity contribution in [2.24, 2.45) is 17.8 Å². The fourth-order valence-electron chi connectivity index (χ4n) is 1.12. The lowest BCUT2D eigenvalue weighted by Crippen LogP contribution is -2.34. The summed E-state index contributed by atoms with van der Waals surface area (Å²) in [7, 11) is 3.87. The van der Waals surface area contributed by atoms with Crippen molar-refractivity contribution >= 4 is 5.96 Å². The molecule has 0 atom stereocenters. The molecule has 14 heavy (non-hydrogen) atoms. The average Bonchev–Trinajstić information content (AvgIpc) is 2.52. The van der Waals surface area contributed by atoms with Crippen LogP contribution in [0.3, 0.4) is 0 Å². The Hall–Kier alpha value is -1.52. The largest absolute Gasteiger partial charge is 0.370 e. The molecular weight excluding hydrogens is 178 g/mol. The quantitative estimate of drug-likeness (QED) is 0.553. The van der Waals surface area contributed by atoms with Gasteiger partial charge in [-0.3, -0.25) is 4.99 Å². The zero-order chi connectivity index (χ0) is 10.6. The lowest BCUT2D eigenvalue weighted by molar-refractivity contribution is 0.467. The van der Waals surface area contributed by atoms with Gasteiger partial charge >= 0.3 is 0 Å². The molecule has 0 aliphatic carbocycles. The van der Waals surface area contributed by atoms with Crippen LogP contribution in [0.2, 0.25) is 0 Å². The molecule has 0 fully saturated rings. The zero-order valence-corrected chi connectivity index (χ0v) is 8.94. The van der Waals surface area contributed by atoms with Crippen LogP contribution in [0.15, 0.2) is 17.4 Å². The Balaban J connectivity index is 2.61. The fourth-order valence-corrected chi connectivity index (χ4v) is 1.12. The van der Waals surface area contributed by atoms with Crippen molar-refractivity contribution in [1.29, 1.82) is 0 Å². The van der Waals surface area contributed by atoms with E-state index in [1.54, 1.807) is 6.20 Å². The predicted octanol–water partition coefficient (Wildman–Crippen LogP) is 0.186. The lowest BCUT2D eigenvalue weighted by Gasteiger charge is -2.17. The molecule has 0 spiro atoms. The van der Waals surface area contributed by atoms with Gasteiger partial charge in [-0.2, -0.15) is 0 Å². The summed E-state index contributed by atoms with van der Waals surface area (Å²) in [5, 5.41) is 0. The third-order valence-electron chi connectivity index (χ3n) is 2.01. The van der Waals surface area contributed by atoms with Gasteiger partial charge in [0.25, 0.3) is 0 Å². The van der Waals surface area contributed by atoms with E-state index in [4.69, 9.17) is 5.73 Å². The fraction of sp³-hybridized carbons (Fsp3) is 0.556. The van der Waals surface area contributed by atoms with Gasteiger partial charge in [-0.05, 0) is 6.92 Å². The molecule has 0 aliphatic rings. The molecule has 1 aromatic heterocycles. The summed E-state index contributed by atoms with van der Waals surface area (Å²) in [4.78, 5) is 10.2. The number of guanidine groups is 1. The van der Waals surface area contributed by atoms with E-state index < -0.39 is 0 Å². The molecule has 2 N–H and O–H groups in total. The molecule has 0 unspecified atom stereocenters. The van der Waals surface area contributed by atoms with Gasteiger partial charge in [-0.15, -0.1) is 0 Å². The summed E-state index contributed by atoms with van der Waals surface area (Å²) in [5.74, 6) is 1.53. The number of rotatable bonds is 3. The van der Waals surface area contributed by atoms with E-state index in [9.17, 15) is 0 Å². The topological polar surface area (TPSA) is 59.4 Å². The zero-order valence-electron chi connectivity index (χ0n) is 8.94. The number of hydrogen-bond donors (Lipinski definition) is 1. The molecule has 0 aromatic carbocycles. The van der Waals surface area contributed by atoms with Gasteiger partial charge in [-0.1, -0.05) is 0 Å². The normalized spacial score (nSPS) is 11.8. The SMILES string of the molecule is CCN=C(N)N(C)Cc1nccn1C. The maximum Gasteiger partial charge on any atom is 0.191 e. The van der Waals surface area contributed by atoms with Crippen molar-refractivity contribution in [3.63, 3.8) is 0 Å². The van der Waals surface area contributed by atoms with Crippen LogP contribution in [0.5, 0.6) is 0 Å². The van der Waals surface area contributed by atoms with Crippen LogP contribution in [0.1, 0.15) is 12.7 Å². The van der Waals surface area contributed by atoms with E-state index >= 15 is 0 Å². The molecule has 1 rings (SSSR count). The van der Waals surface area contributed by atoms with Gasteiger partial charge in [-0.25, -0.2) is 4.98 Å². The Morgan fingerprint density at radius 2 is 2.43 bits per heavy atom. The van der Waals surface area contributed by atoms with E-state index in [0.717, 1.165) is 5.82 Å². The minimum Gasteiger partial charge on any atom is -0.370 e. The van der Waals surface area contributed by atoms with Crippen molar-refractivity contribution < 1.29 is 0 Å². The van der Waals surface area contributed by atoms with E-state index in [2.05, 4.69) is 9.98 Å². The second kappa shape index (κ2) is 4.64. The Kier molecular flexibility index (Phi) is 3.50. The number of imidazole rings is 1. The molecule has 0 saturated heterocycles. The van der Waals surface area contributed by atoms with Gasteiger partial charge in [0, 0.05) is 33.0 Å². The highest BCUT2D eigenvalue weighted by atomic mass is 15.2. The summed E-state index contributed by atoms with van der Waals surface area (Å²) in [5.41, 5.74) is 5.73. The summed E-state index contributed by atoms with van der Waals surface area (Å²) >= 11 is 0. The monoisotopic (exact) mass is 195 g/mol. The van der Waals surface area contributed by atoms with Crippen LogP contribution in [0.25, 0.3) is 0 Å². The Morgan fingerprint density at radius 1 is 1.71 bits per heavy atom. The molecule has 1 aromatic rings. The van der Waals surface area contributed by atoms with Crippen LogP contribution < -0.4 is 5.73 Å². The standard InChI is InChI=1S/C9H17N5/c1-4-11-9(10)14(3)7-8-12-5-6-13(8)2/h5-6H,4,7H2,1-3H3,(H2,10,11). The molecular formula is C9H17N5. The number of aromatic nitrogens is 2. The van der Waals surface area contributed by atoms with E-state index in [1.807, 2.05) is 36.7 Å². The second-order valence-electron chi connectivity index (χ2n) is 3.14. The molecule has 0 radical (unpaired) electrons. The number of nitrogens with zero attached hydrogens (tertiary/aromatic N) is 4. The number of nitrogens with two attached hydrogens (primary N) is 1. The molecule has 0 bridgehead atoms.